The molecule has 0 saturated carbocycles. The standard InChI is InChI=1S/C27H26N6O3/c1-33(14-2-3-25(34)35)27-30-13-11-23(32-27)19-5-7-20(8-6-19)26(36)29-12-10-18-4-9-24-22(15-18)21(16-28)17-31-24/h4-9,11,13,15,17,31H,2-3,10,12,14H2,1H3,(H,29,36)(H,34,35). The van der Waals surface area contributed by atoms with Gasteiger partial charge in [0.1, 0.15) is 6.07 Å². The van der Waals surface area contributed by atoms with Crippen LogP contribution >= 0.6 is 0 Å². The lowest BCUT2D eigenvalue weighted by Crippen LogP contribution is -2.25. The summed E-state index contributed by atoms with van der Waals surface area (Å²) in [5.41, 5.74) is 4.68. The molecule has 0 aliphatic carbocycles. The van der Waals surface area contributed by atoms with Crippen molar-refractivity contribution in [2.24, 2.45) is 0 Å². The molecule has 2 heterocycles. The summed E-state index contributed by atoms with van der Waals surface area (Å²) in [5, 5.41) is 21.8. The topological polar surface area (TPSA) is 135 Å². The molecule has 0 unspecified atom stereocenters. The molecule has 0 saturated heterocycles. The molecular formula is C27H26N6O3. The number of carboxylic acid groups (broad SMARTS) is 1. The Morgan fingerprint density at radius 2 is 1.97 bits per heavy atom. The summed E-state index contributed by atoms with van der Waals surface area (Å²) in [6.07, 6.45) is 4.61. The van der Waals surface area contributed by atoms with Gasteiger partial charge in [0.25, 0.3) is 5.91 Å². The predicted molar refractivity (Wildman–Crippen MR) is 137 cm³/mol. The van der Waals surface area contributed by atoms with Gasteiger partial charge in [0.05, 0.1) is 11.3 Å². The van der Waals surface area contributed by atoms with Crippen molar-refractivity contribution in [1.82, 2.24) is 20.3 Å². The number of rotatable bonds is 10. The fourth-order valence-corrected chi connectivity index (χ4v) is 3.89. The van der Waals surface area contributed by atoms with Crippen molar-refractivity contribution in [3.8, 4) is 17.3 Å². The first-order valence-corrected chi connectivity index (χ1v) is 11.6. The molecule has 0 radical (unpaired) electrons. The molecule has 0 spiro atoms. The first-order chi connectivity index (χ1) is 17.4. The molecule has 3 N–H and O–H groups in total. The van der Waals surface area contributed by atoms with E-state index in [4.69, 9.17) is 5.11 Å². The molecule has 0 atom stereocenters. The van der Waals surface area contributed by atoms with Gasteiger partial charge in [-0.15, -0.1) is 0 Å². The Balaban J connectivity index is 1.34. The summed E-state index contributed by atoms with van der Waals surface area (Å²) in [5.74, 6) is -0.474. The van der Waals surface area contributed by atoms with Gasteiger partial charge in [0.15, 0.2) is 0 Å². The maximum absolute atomic E-state index is 12.6. The number of H-pyrrole nitrogens is 1. The van der Waals surface area contributed by atoms with E-state index in [0.717, 1.165) is 22.0 Å². The van der Waals surface area contributed by atoms with E-state index in [2.05, 4.69) is 26.3 Å². The molecular weight excluding hydrogens is 456 g/mol. The molecule has 182 valence electrons. The number of carbonyl (C=O) groups excluding carboxylic acids is 1. The van der Waals surface area contributed by atoms with Crippen LogP contribution in [-0.2, 0) is 11.2 Å². The molecule has 9 heteroatoms. The minimum Gasteiger partial charge on any atom is -0.481 e. The van der Waals surface area contributed by atoms with Crippen LogP contribution in [0.15, 0.2) is 60.9 Å². The number of fused-ring (bicyclic) bond motifs is 1. The van der Waals surface area contributed by atoms with Gasteiger partial charge in [-0.3, -0.25) is 9.59 Å². The van der Waals surface area contributed by atoms with Gasteiger partial charge < -0.3 is 20.3 Å². The van der Waals surface area contributed by atoms with E-state index >= 15 is 0 Å². The number of aromatic nitrogens is 3. The summed E-state index contributed by atoms with van der Waals surface area (Å²) in [7, 11) is 1.83. The summed E-state index contributed by atoms with van der Waals surface area (Å²) in [4.78, 5) is 37.1. The monoisotopic (exact) mass is 482 g/mol. The summed E-state index contributed by atoms with van der Waals surface area (Å²) >= 11 is 0. The van der Waals surface area contributed by atoms with E-state index in [1.165, 1.54) is 0 Å². The molecule has 9 nitrogen and oxygen atoms in total. The van der Waals surface area contributed by atoms with Gasteiger partial charge in [-0.2, -0.15) is 5.26 Å². The highest BCUT2D eigenvalue weighted by atomic mass is 16.4. The van der Waals surface area contributed by atoms with Crippen LogP contribution in [0, 0.1) is 11.3 Å². The minimum atomic E-state index is -0.824. The average Bonchev–Trinajstić information content (AvgIpc) is 3.31. The number of benzene rings is 2. The zero-order valence-electron chi connectivity index (χ0n) is 19.9. The number of nitriles is 1. The first-order valence-electron chi connectivity index (χ1n) is 11.6. The van der Waals surface area contributed by atoms with Crippen LogP contribution in [0.3, 0.4) is 0 Å². The van der Waals surface area contributed by atoms with E-state index in [0.29, 0.717) is 48.7 Å². The lowest BCUT2D eigenvalue weighted by Gasteiger charge is -2.17. The molecule has 0 fully saturated rings. The second-order valence-electron chi connectivity index (χ2n) is 8.44. The minimum absolute atomic E-state index is 0.0951. The Bertz CT molecular complexity index is 1420. The van der Waals surface area contributed by atoms with Crippen LogP contribution in [0.4, 0.5) is 5.95 Å². The Kier molecular flexibility index (Phi) is 7.56. The fraction of sp³-hybridized carbons (Fsp3) is 0.222. The number of carbonyl (C=O) groups is 2. The number of anilines is 1. The summed E-state index contributed by atoms with van der Waals surface area (Å²) < 4.78 is 0. The second kappa shape index (κ2) is 11.1. The van der Waals surface area contributed by atoms with Crippen molar-refractivity contribution in [3.63, 3.8) is 0 Å². The normalized spacial score (nSPS) is 10.7. The fourth-order valence-electron chi connectivity index (χ4n) is 3.89. The largest absolute Gasteiger partial charge is 0.481 e. The first kappa shape index (κ1) is 24.4. The number of carboxylic acids is 1. The Hall–Kier alpha value is -4.71. The van der Waals surface area contributed by atoms with Gasteiger partial charge in [-0.1, -0.05) is 18.2 Å². The zero-order chi connectivity index (χ0) is 25.5. The van der Waals surface area contributed by atoms with Gasteiger partial charge >= 0.3 is 5.97 Å². The molecule has 1 amide bonds. The van der Waals surface area contributed by atoms with Gasteiger partial charge in [-0.05, 0) is 48.7 Å². The summed E-state index contributed by atoms with van der Waals surface area (Å²) in [6, 6.07) is 17.1. The summed E-state index contributed by atoms with van der Waals surface area (Å²) in [6.45, 7) is 1.01. The van der Waals surface area contributed by atoms with Crippen molar-refractivity contribution < 1.29 is 14.7 Å². The van der Waals surface area contributed by atoms with Crippen LogP contribution in [0.2, 0.25) is 0 Å². The van der Waals surface area contributed by atoms with Crippen molar-refractivity contribution >= 4 is 28.7 Å². The van der Waals surface area contributed by atoms with Crippen molar-refractivity contribution in [2.45, 2.75) is 19.3 Å². The highest BCUT2D eigenvalue weighted by Crippen LogP contribution is 2.21. The molecule has 4 aromatic rings. The highest BCUT2D eigenvalue weighted by molar-refractivity contribution is 5.94. The number of nitrogens with one attached hydrogen (secondary N) is 2. The Morgan fingerprint density at radius 3 is 2.72 bits per heavy atom. The van der Waals surface area contributed by atoms with Crippen LogP contribution < -0.4 is 10.2 Å². The number of nitrogens with zero attached hydrogens (tertiary/aromatic N) is 4. The van der Waals surface area contributed by atoms with Crippen molar-refractivity contribution in [2.75, 3.05) is 25.0 Å². The third kappa shape index (κ3) is 5.85. The van der Waals surface area contributed by atoms with E-state index in [1.807, 2.05) is 42.3 Å². The maximum atomic E-state index is 12.6. The van der Waals surface area contributed by atoms with E-state index in [9.17, 15) is 14.9 Å². The molecule has 0 aliphatic rings. The lowest BCUT2D eigenvalue weighted by molar-refractivity contribution is -0.137. The SMILES string of the molecule is CN(CCCC(=O)O)c1nccc(-c2ccc(C(=O)NCCc3ccc4[nH]cc(C#N)c4c3)cc2)n1. The molecule has 2 aromatic carbocycles. The Labute approximate surface area is 208 Å². The zero-order valence-corrected chi connectivity index (χ0v) is 19.9. The van der Waals surface area contributed by atoms with E-state index < -0.39 is 5.97 Å². The Morgan fingerprint density at radius 1 is 1.17 bits per heavy atom. The third-order valence-corrected chi connectivity index (χ3v) is 5.88. The molecule has 0 bridgehead atoms. The van der Waals surface area contributed by atoms with E-state index in [-0.39, 0.29) is 12.3 Å². The van der Waals surface area contributed by atoms with E-state index in [1.54, 1.807) is 30.6 Å². The molecule has 4 rings (SSSR count). The van der Waals surface area contributed by atoms with Crippen LogP contribution in [0.5, 0.6) is 0 Å². The van der Waals surface area contributed by atoms with Crippen LogP contribution in [-0.4, -0.2) is 52.1 Å². The number of aliphatic carboxylic acids is 1. The maximum Gasteiger partial charge on any atom is 0.303 e. The number of hydrogen-bond acceptors (Lipinski definition) is 6. The quantitative estimate of drug-likeness (QED) is 0.313. The molecule has 2 aromatic heterocycles. The number of hydrogen-bond donors (Lipinski definition) is 3. The highest BCUT2D eigenvalue weighted by Gasteiger charge is 2.10. The van der Waals surface area contributed by atoms with Gasteiger partial charge in [0, 0.05) is 61.0 Å². The smallest absolute Gasteiger partial charge is 0.303 e. The lowest BCUT2D eigenvalue weighted by atomic mass is 10.1. The van der Waals surface area contributed by atoms with Crippen LogP contribution in [0.25, 0.3) is 22.2 Å². The molecule has 36 heavy (non-hydrogen) atoms. The number of amides is 1. The average molecular weight is 483 g/mol. The van der Waals surface area contributed by atoms with Crippen molar-refractivity contribution in [1.29, 1.82) is 5.26 Å². The predicted octanol–water partition coefficient (Wildman–Crippen LogP) is 3.77. The molecule has 0 aliphatic heterocycles. The van der Waals surface area contributed by atoms with Gasteiger partial charge in [-0.25, -0.2) is 9.97 Å². The van der Waals surface area contributed by atoms with Crippen molar-refractivity contribution in [3.05, 3.63) is 77.6 Å². The van der Waals surface area contributed by atoms with Gasteiger partial charge in [0.2, 0.25) is 5.95 Å². The second-order valence-corrected chi connectivity index (χ2v) is 8.44. The number of aromatic amines is 1. The third-order valence-electron chi connectivity index (χ3n) is 5.88. The van der Waals surface area contributed by atoms with Crippen LogP contribution in [0.1, 0.15) is 34.3 Å².